The molecule has 2 aromatic carbocycles. The van der Waals surface area contributed by atoms with E-state index in [1.54, 1.807) is 0 Å². The number of hydrogen-bond acceptors (Lipinski definition) is 4. The van der Waals surface area contributed by atoms with Crippen molar-refractivity contribution in [1.82, 2.24) is 14.9 Å². The largest absolute Gasteiger partial charge is 0.340 e. The molecule has 0 spiro atoms. The average Bonchev–Trinajstić information content (AvgIpc) is 3.32. The first-order valence-corrected chi connectivity index (χ1v) is 9.60. The normalized spacial score (nSPS) is 21.3. The maximum absolute atomic E-state index is 12.9. The van der Waals surface area contributed by atoms with Crippen molar-refractivity contribution in [1.29, 1.82) is 0 Å². The zero-order valence-electron chi connectivity index (χ0n) is 15.2. The summed E-state index contributed by atoms with van der Waals surface area (Å²) in [6.07, 6.45) is 0.901. The lowest BCUT2D eigenvalue weighted by atomic mass is 10.2. The van der Waals surface area contributed by atoms with Crippen LogP contribution in [-0.2, 0) is 4.79 Å². The van der Waals surface area contributed by atoms with Crippen molar-refractivity contribution in [2.24, 2.45) is 0 Å². The predicted molar refractivity (Wildman–Crippen MR) is 107 cm³/mol. The minimum atomic E-state index is 0.00280. The molecule has 0 radical (unpaired) electrons. The van der Waals surface area contributed by atoms with Gasteiger partial charge >= 0.3 is 0 Å². The summed E-state index contributed by atoms with van der Waals surface area (Å²) in [7, 11) is 0. The van der Waals surface area contributed by atoms with Crippen LogP contribution < -0.4 is 9.80 Å². The number of imidazole rings is 1. The Balaban J connectivity index is 1.25. The van der Waals surface area contributed by atoms with E-state index in [4.69, 9.17) is 4.98 Å². The van der Waals surface area contributed by atoms with Gasteiger partial charge in [0.1, 0.15) is 0 Å². The van der Waals surface area contributed by atoms with Gasteiger partial charge in [-0.2, -0.15) is 0 Å². The second kappa shape index (κ2) is 6.70. The summed E-state index contributed by atoms with van der Waals surface area (Å²) in [4.78, 5) is 27.6. The number of nitrogens with zero attached hydrogens (tertiary/aromatic N) is 4. The molecule has 1 aromatic heterocycles. The Morgan fingerprint density at radius 2 is 1.63 bits per heavy atom. The third-order valence-electron chi connectivity index (χ3n) is 5.68. The van der Waals surface area contributed by atoms with Crippen LogP contribution in [0.25, 0.3) is 11.0 Å². The Kier molecular flexibility index (Phi) is 4.05. The molecule has 2 fully saturated rings. The number of rotatable bonds is 3. The summed E-state index contributed by atoms with van der Waals surface area (Å²) < 4.78 is 0. The number of piperazine rings is 1. The van der Waals surface area contributed by atoms with Crippen molar-refractivity contribution in [3.63, 3.8) is 0 Å². The van der Waals surface area contributed by atoms with Gasteiger partial charge in [0.15, 0.2) is 0 Å². The van der Waals surface area contributed by atoms with Crippen molar-refractivity contribution in [3.05, 3.63) is 54.6 Å². The fourth-order valence-corrected chi connectivity index (χ4v) is 4.20. The van der Waals surface area contributed by atoms with E-state index in [0.29, 0.717) is 0 Å². The van der Waals surface area contributed by atoms with E-state index in [9.17, 15) is 4.79 Å². The van der Waals surface area contributed by atoms with E-state index in [-0.39, 0.29) is 11.9 Å². The minimum Gasteiger partial charge on any atom is -0.340 e. The number of para-hydroxylation sites is 3. The van der Waals surface area contributed by atoms with Crippen LogP contribution >= 0.6 is 0 Å². The van der Waals surface area contributed by atoms with Gasteiger partial charge in [-0.3, -0.25) is 9.69 Å². The van der Waals surface area contributed by atoms with E-state index >= 15 is 0 Å². The number of H-pyrrole nitrogens is 1. The molecule has 3 heterocycles. The highest BCUT2D eigenvalue weighted by atomic mass is 16.2. The third-order valence-corrected chi connectivity index (χ3v) is 5.68. The van der Waals surface area contributed by atoms with Crippen LogP contribution in [0.3, 0.4) is 0 Å². The van der Waals surface area contributed by atoms with Gasteiger partial charge in [-0.1, -0.05) is 30.3 Å². The molecular weight excluding hydrogens is 338 g/mol. The molecule has 0 saturated carbocycles. The highest BCUT2D eigenvalue weighted by molar-refractivity contribution is 5.99. The van der Waals surface area contributed by atoms with Crippen molar-refractivity contribution in [2.75, 3.05) is 42.5 Å². The predicted octanol–water partition coefficient (Wildman–Crippen LogP) is 2.49. The quantitative estimate of drug-likeness (QED) is 0.779. The summed E-state index contributed by atoms with van der Waals surface area (Å²) in [6, 6.07) is 18.1. The maximum atomic E-state index is 12.9. The van der Waals surface area contributed by atoms with Crippen LogP contribution in [0.5, 0.6) is 0 Å². The number of amides is 1. The van der Waals surface area contributed by atoms with E-state index in [1.165, 1.54) is 0 Å². The maximum Gasteiger partial charge on any atom is 0.244 e. The Morgan fingerprint density at radius 3 is 2.41 bits per heavy atom. The summed E-state index contributed by atoms with van der Waals surface area (Å²) in [5.74, 6) is 1.16. The number of aromatic amines is 1. The number of benzene rings is 2. The topological polar surface area (TPSA) is 55.5 Å². The second-order valence-electron chi connectivity index (χ2n) is 7.23. The lowest BCUT2D eigenvalue weighted by Gasteiger charge is -2.37. The van der Waals surface area contributed by atoms with Crippen molar-refractivity contribution in [3.8, 4) is 0 Å². The van der Waals surface area contributed by atoms with Gasteiger partial charge in [0.2, 0.25) is 11.9 Å². The van der Waals surface area contributed by atoms with E-state index in [0.717, 1.165) is 61.8 Å². The molecular formula is C21H23N5O. The molecule has 0 bridgehead atoms. The third kappa shape index (κ3) is 2.96. The van der Waals surface area contributed by atoms with E-state index in [1.807, 2.05) is 53.4 Å². The molecule has 138 valence electrons. The average molecular weight is 361 g/mol. The van der Waals surface area contributed by atoms with Crippen molar-refractivity contribution >= 4 is 28.6 Å². The number of aromatic nitrogens is 2. The summed E-state index contributed by atoms with van der Waals surface area (Å²) >= 11 is 0. The number of carbonyl (C=O) groups excluding carboxylic acids is 1. The first-order valence-electron chi connectivity index (χ1n) is 9.60. The molecule has 1 atom stereocenters. The molecule has 0 aliphatic carbocycles. The van der Waals surface area contributed by atoms with E-state index < -0.39 is 0 Å². The minimum absolute atomic E-state index is 0.00280. The molecule has 2 saturated heterocycles. The first kappa shape index (κ1) is 16.3. The van der Waals surface area contributed by atoms with Crippen LogP contribution in [0.1, 0.15) is 6.42 Å². The molecule has 5 rings (SSSR count). The number of nitrogens with one attached hydrogen (secondary N) is 1. The highest BCUT2D eigenvalue weighted by Gasteiger charge is 2.37. The fraction of sp³-hybridized carbons (Fsp3) is 0.333. The monoisotopic (exact) mass is 361 g/mol. The number of anilines is 2. The van der Waals surface area contributed by atoms with Crippen LogP contribution in [0.2, 0.25) is 0 Å². The standard InChI is InChI=1S/C21H23N5O/c27-20-19(10-11-26(20)16-6-2-1-3-7-16)24-12-14-25(15-13-24)21-22-17-8-4-5-9-18(17)23-21/h1-9,19H,10-15H2,(H,22,23). The van der Waals surface area contributed by atoms with Crippen LogP contribution in [0, 0.1) is 0 Å². The van der Waals surface area contributed by atoms with Crippen LogP contribution in [-0.4, -0.2) is 59.5 Å². The van der Waals surface area contributed by atoms with Crippen LogP contribution in [0.4, 0.5) is 11.6 Å². The fourth-order valence-electron chi connectivity index (χ4n) is 4.20. The van der Waals surface area contributed by atoms with Crippen molar-refractivity contribution < 1.29 is 4.79 Å². The zero-order valence-corrected chi connectivity index (χ0v) is 15.2. The second-order valence-corrected chi connectivity index (χ2v) is 7.23. The molecule has 2 aliphatic heterocycles. The summed E-state index contributed by atoms with van der Waals surface area (Å²) in [6.45, 7) is 4.34. The molecule has 6 heteroatoms. The van der Waals surface area contributed by atoms with Gasteiger partial charge in [0.25, 0.3) is 0 Å². The lowest BCUT2D eigenvalue weighted by Crippen LogP contribution is -2.52. The Labute approximate surface area is 158 Å². The Morgan fingerprint density at radius 1 is 0.889 bits per heavy atom. The van der Waals surface area contributed by atoms with Crippen molar-refractivity contribution in [2.45, 2.75) is 12.5 Å². The number of carbonyl (C=O) groups is 1. The molecule has 3 aromatic rings. The van der Waals surface area contributed by atoms with Gasteiger partial charge in [0.05, 0.1) is 17.1 Å². The lowest BCUT2D eigenvalue weighted by molar-refractivity contribution is -0.121. The highest BCUT2D eigenvalue weighted by Crippen LogP contribution is 2.26. The van der Waals surface area contributed by atoms with Gasteiger partial charge in [0, 0.05) is 38.4 Å². The first-order chi connectivity index (χ1) is 13.3. The molecule has 1 amide bonds. The van der Waals surface area contributed by atoms with Gasteiger partial charge in [-0.15, -0.1) is 0 Å². The van der Waals surface area contributed by atoms with Gasteiger partial charge in [-0.05, 0) is 30.7 Å². The molecule has 1 unspecified atom stereocenters. The Bertz CT molecular complexity index is 912. The van der Waals surface area contributed by atoms with Gasteiger partial charge < -0.3 is 14.8 Å². The molecule has 27 heavy (non-hydrogen) atoms. The molecule has 6 nitrogen and oxygen atoms in total. The summed E-state index contributed by atoms with van der Waals surface area (Å²) in [5.41, 5.74) is 3.07. The molecule has 1 N–H and O–H groups in total. The SMILES string of the molecule is O=C1C(N2CCN(c3nc4ccccc4[nH]3)CC2)CCN1c1ccccc1. The smallest absolute Gasteiger partial charge is 0.244 e. The molecule has 2 aliphatic rings. The van der Waals surface area contributed by atoms with Crippen LogP contribution in [0.15, 0.2) is 54.6 Å². The van der Waals surface area contributed by atoms with Gasteiger partial charge in [-0.25, -0.2) is 4.98 Å². The Hall–Kier alpha value is -2.86. The number of hydrogen-bond donors (Lipinski definition) is 1. The summed E-state index contributed by atoms with van der Waals surface area (Å²) in [5, 5.41) is 0. The number of fused-ring (bicyclic) bond motifs is 1. The zero-order chi connectivity index (χ0) is 18.2. The van der Waals surface area contributed by atoms with E-state index in [2.05, 4.69) is 20.9 Å².